The Morgan fingerprint density at radius 2 is 1.81 bits per heavy atom. The summed E-state index contributed by atoms with van der Waals surface area (Å²) in [6, 6.07) is 9.89. The Kier molecular flexibility index (Phi) is 5.26. The SMILES string of the molecule is C=C(Nc1cncc(-c2cc3c(-c4nc5nccc(-c6cccnc6)c5[nH]4)n[nH]c3cn2)c1)C(C)(C)C. The smallest absolute Gasteiger partial charge is 0.178 e. The molecular formula is C28H25N9. The highest BCUT2D eigenvalue weighted by Gasteiger charge is 2.18. The monoisotopic (exact) mass is 487 g/mol. The Labute approximate surface area is 213 Å². The number of fused-ring (bicyclic) bond motifs is 2. The highest BCUT2D eigenvalue weighted by Crippen LogP contribution is 2.32. The molecule has 9 nitrogen and oxygen atoms in total. The van der Waals surface area contributed by atoms with Gasteiger partial charge in [0.2, 0.25) is 0 Å². The van der Waals surface area contributed by atoms with Crippen molar-refractivity contribution >= 4 is 27.8 Å². The van der Waals surface area contributed by atoms with Crippen LogP contribution in [-0.2, 0) is 0 Å². The molecule has 0 unspecified atom stereocenters. The molecule has 0 spiro atoms. The van der Waals surface area contributed by atoms with Crippen molar-refractivity contribution in [1.29, 1.82) is 0 Å². The maximum atomic E-state index is 4.74. The van der Waals surface area contributed by atoms with Gasteiger partial charge in [-0.2, -0.15) is 5.10 Å². The molecule has 0 aliphatic carbocycles. The van der Waals surface area contributed by atoms with Gasteiger partial charge in [-0.05, 0) is 24.3 Å². The second-order valence-electron chi connectivity index (χ2n) is 9.89. The molecule has 0 atom stereocenters. The van der Waals surface area contributed by atoms with Crippen molar-refractivity contribution in [2.45, 2.75) is 20.8 Å². The second kappa shape index (κ2) is 8.63. The van der Waals surface area contributed by atoms with Gasteiger partial charge in [0.25, 0.3) is 0 Å². The number of aromatic nitrogens is 8. The van der Waals surface area contributed by atoms with Crippen molar-refractivity contribution < 1.29 is 0 Å². The third kappa shape index (κ3) is 4.20. The summed E-state index contributed by atoms with van der Waals surface area (Å²) in [5, 5.41) is 11.9. The summed E-state index contributed by atoms with van der Waals surface area (Å²) in [4.78, 5) is 25.9. The highest BCUT2D eigenvalue weighted by atomic mass is 15.1. The summed E-state index contributed by atoms with van der Waals surface area (Å²) >= 11 is 0. The van der Waals surface area contributed by atoms with Crippen LogP contribution in [0, 0.1) is 5.41 Å². The van der Waals surface area contributed by atoms with Gasteiger partial charge in [-0.1, -0.05) is 33.4 Å². The maximum absolute atomic E-state index is 4.74. The fourth-order valence-corrected chi connectivity index (χ4v) is 4.05. The normalized spacial score (nSPS) is 11.8. The standard InChI is InChI=1S/C28H25N9/c1-16(28(2,3)4)33-19-10-18(13-30-14-19)22-11-21-23(15-32-22)36-37-25(21)27-34-24-20(7-9-31-26(24)35-27)17-6-5-8-29-12-17/h5-15,33H,1H2,2-4H3,(H,36,37)(H,31,34,35). The van der Waals surface area contributed by atoms with E-state index < -0.39 is 0 Å². The maximum Gasteiger partial charge on any atom is 0.178 e. The van der Waals surface area contributed by atoms with E-state index in [2.05, 4.69) is 67.8 Å². The fraction of sp³-hybridized carbons (Fsp3) is 0.143. The summed E-state index contributed by atoms with van der Waals surface area (Å²) in [5.74, 6) is 0.622. The average molecular weight is 488 g/mol. The van der Waals surface area contributed by atoms with Crippen LogP contribution in [0.25, 0.3) is 56.0 Å². The number of pyridine rings is 4. The predicted molar refractivity (Wildman–Crippen MR) is 145 cm³/mol. The molecule has 0 aromatic carbocycles. The van der Waals surface area contributed by atoms with E-state index in [1.807, 2.05) is 36.5 Å². The molecule has 0 aliphatic rings. The van der Waals surface area contributed by atoms with Crippen molar-refractivity contribution in [3.63, 3.8) is 0 Å². The zero-order valence-corrected chi connectivity index (χ0v) is 20.7. The first kappa shape index (κ1) is 22.5. The minimum atomic E-state index is -0.0722. The van der Waals surface area contributed by atoms with Crippen LogP contribution in [0.3, 0.4) is 0 Å². The van der Waals surface area contributed by atoms with Gasteiger partial charge in [0, 0.05) is 58.0 Å². The zero-order chi connectivity index (χ0) is 25.6. The lowest BCUT2D eigenvalue weighted by atomic mass is 9.93. The molecule has 37 heavy (non-hydrogen) atoms. The number of allylic oxidation sites excluding steroid dienone is 1. The van der Waals surface area contributed by atoms with E-state index in [1.165, 1.54) is 0 Å². The number of H-pyrrole nitrogens is 2. The van der Waals surface area contributed by atoms with Crippen LogP contribution in [0.4, 0.5) is 5.69 Å². The Hall–Kier alpha value is -4.92. The first-order valence-electron chi connectivity index (χ1n) is 11.9. The van der Waals surface area contributed by atoms with Crippen molar-refractivity contribution in [3.8, 4) is 33.9 Å². The molecule has 0 saturated carbocycles. The summed E-state index contributed by atoms with van der Waals surface area (Å²) in [6.45, 7) is 10.5. The quantitative estimate of drug-likeness (QED) is 0.273. The molecule has 182 valence electrons. The van der Waals surface area contributed by atoms with Crippen LogP contribution in [0.5, 0.6) is 0 Å². The molecule has 6 heterocycles. The van der Waals surface area contributed by atoms with E-state index in [0.29, 0.717) is 17.2 Å². The fourth-order valence-electron chi connectivity index (χ4n) is 4.05. The Balaban J connectivity index is 1.40. The zero-order valence-electron chi connectivity index (χ0n) is 20.7. The molecule has 0 saturated heterocycles. The third-order valence-electron chi connectivity index (χ3n) is 6.27. The molecule has 6 aromatic rings. The molecule has 0 bridgehead atoms. The molecular weight excluding hydrogens is 462 g/mol. The number of anilines is 1. The van der Waals surface area contributed by atoms with Gasteiger partial charge in [-0.3, -0.25) is 20.1 Å². The van der Waals surface area contributed by atoms with E-state index in [4.69, 9.17) is 4.98 Å². The predicted octanol–water partition coefficient (Wildman–Crippen LogP) is 5.99. The van der Waals surface area contributed by atoms with E-state index in [0.717, 1.165) is 50.2 Å². The van der Waals surface area contributed by atoms with Gasteiger partial charge < -0.3 is 10.3 Å². The van der Waals surface area contributed by atoms with Crippen LogP contribution < -0.4 is 5.32 Å². The molecule has 6 rings (SSSR count). The van der Waals surface area contributed by atoms with Crippen molar-refractivity contribution in [2.75, 3.05) is 5.32 Å². The van der Waals surface area contributed by atoms with Crippen molar-refractivity contribution in [2.24, 2.45) is 5.41 Å². The number of hydrogen-bond acceptors (Lipinski definition) is 7. The third-order valence-corrected chi connectivity index (χ3v) is 6.27. The Bertz CT molecular complexity index is 1760. The van der Waals surface area contributed by atoms with Crippen molar-refractivity contribution in [3.05, 3.63) is 79.8 Å². The van der Waals surface area contributed by atoms with E-state index in [9.17, 15) is 0 Å². The van der Waals surface area contributed by atoms with Crippen LogP contribution in [0.1, 0.15) is 20.8 Å². The average Bonchev–Trinajstić information content (AvgIpc) is 3.52. The first-order chi connectivity index (χ1) is 17.9. The van der Waals surface area contributed by atoms with E-state index in [-0.39, 0.29) is 5.41 Å². The van der Waals surface area contributed by atoms with Gasteiger partial charge in [-0.15, -0.1) is 0 Å². The lowest BCUT2D eigenvalue weighted by molar-refractivity contribution is 0.509. The number of rotatable bonds is 5. The minimum Gasteiger partial charge on any atom is -0.358 e. The van der Waals surface area contributed by atoms with Crippen molar-refractivity contribution in [1.82, 2.24) is 40.1 Å². The molecule has 0 amide bonds. The minimum absolute atomic E-state index is 0.0722. The lowest BCUT2D eigenvalue weighted by Crippen LogP contribution is -2.15. The number of aromatic amines is 2. The summed E-state index contributed by atoms with van der Waals surface area (Å²) in [6.07, 6.45) is 10.7. The van der Waals surface area contributed by atoms with Crippen LogP contribution in [0.15, 0.2) is 79.8 Å². The summed E-state index contributed by atoms with van der Waals surface area (Å²) in [7, 11) is 0. The molecule has 0 fully saturated rings. The molecule has 0 aliphatic heterocycles. The lowest BCUT2D eigenvalue weighted by Gasteiger charge is -2.23. The van der Waals surface area contributed by atoms with Crippen LogP contribution >= 0.6 is 0 Å². The molecule has 6 aromatic heterocycles. The van der Waals surface area contributed by atoms with E-state index in [1.54, 1.807) is 31.0 Å². The molecule has 9 heteroatoms. The van der Waals surface area contributed by atoms with Gasteiger partial charge in [0.1, 0.15) is 5.69 Å². The topological polar surface area (TPSA) is 121 Å². The summed E-state index contributed by atoms with van der Waals surface area (Å²) < 4.78 is 0. The Morgan fingerprint density at radius 3 is 2.62 bits per heavy atom. The number of nitrogens with zero attached hydrogens (tertiary/aromatic N) is 6. The van der Waals surface area contributed by atoms with Crippen LogP contribution in [-0.4, -0.2) is 40.1 Å². The molecule has 0 radical (unpaired) electrons. The number of nitrogens with one attached hydrogen (secondary N) is 3. The largest absolute Gasteiger partial charge is 0.358 e. The van der Waals surface area contributed by atoms with Gasteiger partial charge in [0.05, 0.1) is 34.8 Å². The Morgan fingerprint density at radius 1 is 0.946 bits per heavy atom. The first-order valence-corrected chi connectivity index (χ1v) is 11.9. The molecule has 3 N–H and O–H groups in total. The van der Waals surface area contributed by atoms with Gasteiger partial charge in [-0.25, -0.2) is 9.97 Å². The summed E-state index contributed by atoms with van der Waals surface area (Å²) in [5.41, 5.74) is 8.27. The number of hydrogen-bond donors (Lipinski definition) is 3. The van der Waals surface area contributed by atoms with Gasteiger partial charge in [0.15, 0.2) is 11.5 Å². The van der Waals surface area contributed by atoms with Gasteiger partial charge >= 0.3 is 0 Å². The number of imidazole rings is 1. The second-order valence-corrected chi connectivity index (χ2v) is 9.89. The van der Waals surface area contributed by atoms with E-state index >= 15 is 0 Å². The highest BCUT2D eigenvalue weighted by molar-refractivity contribution is 5.96. The van der Waals surface area contributed by atoms with Crippen LogP contribution in [0.2, 0.25) is 0 Å².